The number of fused-ring (bicyclic) bond motifs is 1. The molecule has 35 heavy (non-hydrogen) atoms. The number of anilines is 1. The van der Waals surface area contributed by atoms with Crippen LogP contribution in [0.5, 0.6) is 5.75 Å². The molecule has 4 rings (SSSR count). The average molecular weight is 473 g/mol. The lowest BCUT2D eigenvalue weighted by atomic mass is 10.1. The van der Waals surface area contributed by atoms with Crippen molar-refractivity contribution in [2.45, 2.75) is 45.1 Å². The van der Waals surface area contributed by atoms with E-state index in [-0.39, 0.29) is 0 Å². The summed E-state index contributed by atoms with van der Waals surface area (Å²) in [6.07, 6.45) is 3.56. The van der Waals surface area contributed by atoms with E-state index in [0.29, 0.717) is 11.8 Å². The van der Waals surface area contributed by atoms with Crippen LogP contribution in [0.2, 0.25) is 0 Å². The van der Waals surface area contributed by atoms with E-state index >= 15 is 0 Å². The van der Waals surface area contributed by atoms with Crippen molar-refractivity contribution in [1.29, 1.82) is 0 Å². The van der Waals surface area contributed by atoms with Crippen LogP contribution in [0.1, 0.15) is 37.8 Å². The first-order valence-corrected chi connectivity index (χ1v) is 12.1. The Kier molecular flexibility index (Phi) is 7.70. The highest BCUT2D eigenvalue weighted by atomic mass is 16.5. The molecule has 6 nitrogen and oxygen atoms in total. The number of aromatic nitrogens is 1. The zero-order valence-corrected chi connectivity index (χ0v) is 20.3. The van der Waals surface area contributed by atoms with Gasteiger partial charge >= 0.3 is 5.97 Å². The zero-order chi connectivity index (χ0) is 24.7. The SMILES string of the molecule is CC(C)(Oc1ccccc1CCCN(CCCc1ccccc1)c1nc2ccccc2o1)C(=O)O. The monoisotopic (exact) mass is 472 g/mol. The maximum absolute atomic E-state index is 11.5. The molecule has 0 aliphatic heterocycles. The molecular weight excluding hydrogens is 440 g/mol. The third-order valence-corrected chi connectivity index (χ3v) is 6.02. The summed E-state index contributed by atoms with van der Waals surface area (Å²) in [6.45, 7) is 4.71. The first-order valence-electron chi connectivity index (χ1n) is 12.1. The van der Waals surface area contributed by atoms with Crippen molar-refractivity contribution in [3.8, 4) is 5.75 Å². The molecule has 0 amide bonds. The zero-order valence-electron chi connectivity index (χ0n) is 20.3. The lowest BCUT2D eigenvalue weighted by molar-refractivity contribution is -0.152. The summed E-state index contributed by atoms with van der Waals surface area (Å²) in [6, 6.07) is 26.6. The van der Waals surface area contributed by atoms with Crippen molar-refractivity contribution in [2.75, 3.05) is 18.0 Å². The van der Waals surface area contributed by atoms with Crippen molar-refractivity contribution in [1.82, 2.24) is 4.98 Å². The van der Waals surface area contributed by atoms with E-state index in [9.17, 15) is 9.90 Å². The number of hydrogen-bond acceptors (Lipinski definition) is 5. The van der Waals surface area contributed by atoms with Gasteiger partial charge in [0.2, 0.25) is 0 Å². The first kappa shape index (κ1) is 24.3. The maximum Gasteiger partial charge on any atom is 0.347 e. The number of benzene rings is 3. The highest BCUT2D eigenvalue weighted by Crippen LogP contribution is 2.26. The van der Waals surface area contributed by atoms with Gasteiger partial charge in [0.05, 0.1) is 0 Å². The number of rotatable bonds is 12. The molecule has 0 saturated carbocycles. The van der Waals surface area contributed by atoms with Crippen LogP contribution in [-0.2, 0) is 17.6 Å². The van der Waals surface area contributed by atoms with Crippen LogP contribution < -0.4 is 9.64 Å². The van der Waals surface area contributed by atoms with Gasteiger partial charge < -0.3 is 19.2 Å². The van der Waals surface area contributed by atoms with Gasteiger partial charge in [0.25, 0.3) is 6.01 Å². The van der Waals surface area contributed by atoms with Crippen molar-refractivity contribution in [2.24, 2.45) is 0 Å². The summed E-state index contributed by atoms with van der Waals surface area (Å²) in [4.78, 5) is 18.4. The largest absolute Gasteiger partial charge is 0.478 e. The molecule has 6 heteroatoms. The molecule has 182 valence electrons. The summed E-state index contributed by atoms with van der Waals surface area (Å²) in [5, 5.41) is 9.44. The van der Waals surface area contributed by atoms with E-state index in [2.05, 4.69) is 29.2 Å². The van der Waals surface area contributed by atoms with E-state index in [1.165, 1.54) is 5.56 Å². The van der Waals surface area contributed by atoms with E-state index in [4.69, 9.17) is 14.1 Å². The second-order valence-electron chi connectivity index (χ2n) is 9.17. The van der Waals surface area contributed by atoms with E-state index in [1.54, 1.807) is 13.8 Å². The van der Waals surface area contributed by atoms with Crippen molar-refractivity contribution < 1.29 is 19.1 Å². The number of para-hydroxylation sites is 3. The summed E-state index contributed by atoms with van der Waals surface area (Å²) in [5.74, 6) is -0.384. The smallest absolute Gasteiger partial charge is 0.347 e. The molecule has 0 aliphatic rings. The quantitative estimate of drug-likeness (QED) is 0.267. The molecule has 0 aliphatic carbocycles. The molecule has 0 fully saturated rings. The molecule has 0 radical (unpaired) electrons. The molecule has 1 heterocycles. The Balaban J connectivity index is 1.44. The van der Waals surface area contributed by atoms with Crippen LogP contribution in [0.25, 0.3) is 11.1 Å². The first-order chi connectivity index (χ1) is 16.9. The fraction of sp³-hybridized carbons (Fsp3) is 0.310. The Hall–Kier alpha value is -3.80. The van der Waals surface area contributed by atoms with Crippen molar-refractivity contribution in [3.63, 3.8) is 0 Å². The minimum Gasteiger partial charge on any atom is -0.478 e. The van der Waals surface area contributed by atoms with Gasteiger partial charge in [0, 0.05) is 13.1 Å². The number of carboxylic acid groups (broad SMARTS) is 1. The number of oxazole rings is 1. The highest BCUT2D eigenvalue weighted by molar-refractivity contribution is 5.77. The van der Waals surface area contributed by atoms with Gasteiger partial charge in [-0.05, 0) is 68.9 Å². The second kappa shape index (κ2) is 11.1. The Bertz CT molecular complexity index is 1220. The number of hydrogen-bond donors (Lipinski definition) is 1. The standard InChI is InChI=1S/C29H32N2O4/c1-29(2,27(32)33)35-25-18-8-6-15-23(25)16-11-21-31(20-10-14-22-12-4-3-5-13-22)28-30-24-17-7-9-19-26(24)34-28/h3-9,12-13,15,17-19H,10-11,14,16,20-21H2,1-2H3,(H,32,33). The van der Waals surface area contributed by atoms with Gasteiger partial charge in [-0.2, -0.15) is 4.98 Å². The van der Waals surface area contributed by atoms with Gasteiger partial charge in [-0.3, -0.25) is 0 Å². The van der Waals surface area contributed by atoms with Gasteiger partial charge in [-0.15, -0.1) is 0 Å². The maximum atomic E-state index is 11.5. The average Bonchev–Trinajstić information content (AvgIpc) is 3.29. The topological polar surface area (TPSA) is 75.8 Å². The number of ether oxygens (including phenoxy) is 1. The molecular formula is C29H32N2O4. The van der Waals surface area contributed by atoms with Crippen LogP contribution in [0, 0.1) is 0 Å². The molecule has 0 saturated heterocycles. The lowest BCUT2D eigenvalue weighted by Crippen LogP contribution is -2.38. The van der Waals surface area contributed by atoms with E-state index in [0.717, 1.165) is 55.4 Å². The Labute approximate surface area is 206 Å². The van der Waals surface area contributed by atoms with Crippen molar-refractivity contribution in [3.05, 3.63) is 90.0 Å². The van der Waals surface area contributed by atoms with Crippen LogP contribution >= 0.6 is 0 Å². The van der Waals surface area contributed by atoms with Gasteiger partial charge in [-0.1, -0.05) is 60.7 Å². The molecule has 4 aromatic rings. The summed E-state index contributed by atoms with van der Waals surface area (Å²) in [5.41, 5.74) is 2.65. The minimum atomic E-state index is -1.29. The predicted octanol–water partition coefficient (Wildman–Crippen LogP) is 6.14. The summed E-state index contributed by atoms with van der Waals surface area (Å²) >= 11 is 0. The molecule has 3 aromatic carbocycles. The molecule has 0 spiro atoms. The second-order valence-corrected chi connectivity index (χ2v) is 9.17. The Morgan fingerprint density at radius 2 is 1.57 bits per heavy atom. The fourth-order valence-electron chi connectivity index (χ4n) is 4.01. The molecule has 0 unspecified atom stereocenters. The fourth-order valence-corrected chi connectivity index (χ4v) is 4.01. The minimum absolute atomic E-state index is 0.609. The van der Waals surface area contributed by atoms with E-state index < -0.39 is 11.6 Å². The van der Waals surface area contributed by atoms with Crippen LogP contribution in [0.4, 0.5) is 6.01 Å². The van der Waals surface area contributed by atoms with Gasteiger partial charge in [0.1, 0.15) is 11.3 Å². The van der Waals surface area contributed by atoms with Gasteiger partial charge in [-0.25, -0.2) is 4.79 Å². The van der Waals surface area contributed by atoms with Crippen LogP contribution in [-0.4, -0.2) is 34.8 Å². The highest BCUT2D eigenvalue weighted by Gasteiger charge is 2.30. The third kappa shape index (κ3) is 6.41. The van der Waals surface area contributed by atoms with E-state index in [1.807, 2.05) is 54.6 Å². The Morgan fingerprint density at radius 1 is 0.914 bits per heavy atom. The molecule has 0 bridgehead atoms. The number of carbonyl (C=O) groups is 1. The van der Waals surface area contributed by atoms with Crippen LogP contribution in [0.3, 0.4) is 0 Å². The Morgan fingerprint density at radius 3 is 2.31 bits per heavy atom. The van der Waals surface area contributed by atoms with Gasteiger partial charge in [0.15, 0.2) is 11.2 Å². The number of aryl methyl sites for hydroxylation is 2. The normalized spacial score (nSPS) is 11.5. The number of nitrogens with zero attached hydrogens (tertiary/aromatic N) is 2. The van der Waals surface area contributed by atoms with Crippen molar-refractivity contribution >= 4 is 23.1 Å². The summed E-state index contributed by atoms with van der Waals surface area (Å²) < 4.78 is 11.9. The molecule has 1 aromatic heterocycles. The number of carboxylic acids is 1. The number of aliphatic carboxylic acids is 1. The lowest BCUT2D eigenvalue weighted by Gasteiger charge is -2.24. The molecule has 0 atom stereocenters. The van der Waals surface area contributed by atoms with Crippen LogP contribution in [0.15, 0.2) is 83.3 Å². The molecule has 1 N–H and O–H groups in total. The predicted molar refractivity (Wildman–Crippen MR) is 138 cm³/mol. The summed E-state index contributed by atoms with van der Waals surface area (Å²) in [7, 11) is 0. The third-order valence-electron chi connectivity index (χ3n) is 6.02.